The van der Waals surface area contributed by atoms with E-state index in [9.17, 15) is 23.0 Å². The van der Waals surface area contributed by atoms with Gasteiger partial charge in [-0.3, -0.25) is 14.2 Å². The van der Waals surface area contributed by atoms with E-state index in [0.717, 1.165) is 17.2 Å². The van der Waals surface area contributed by atoms with Gasteiger partial charge in [-0.15, -0.1) is 0 Å². The maximum atomic E-state index is 12.9. The number of carbonyl (C=O) groups excluding carboxylic acids is 1. The van der Waals surface area contributed by atoms with Gasteiger partial charge in [0, 0.05) is 52.5 Å². The van der Waals surface area contributed by atoms with Gasteiger partial charge in [-0.25, -0.2) is 8.78 Å². The molecule has 2 rings (SSSR count). The molecule has 11 heteroatoms. The molecule has 6 nitrogen and oxygen atoms in total. The highest BCUT2D eigenvalue weighted by molar-refractivity contribution is 8.03. The zero-order chi connectivity index (χ0) is 20.9. The van der Waals surface area contributed by atoms with Crippen LogP contribution in [0.5, 0.6) is 0 Å². The molecule has 1 aliphatic heterocycles. The Hall–Kier alpha value is -1.39. The number of hydrogen-bond acceptors (Lipinski definition) is 5. The standard InChI is InChI=1S/C17H23ClF2N3O3S2/c1-3-23(13(24)6-9-28(26)10-7-17(2,19)20)16-14(18)21-15(27-16)12-5-4-8-22(25)11-12/h4-5,8,11,15,21,25H,3,6-7,9-10H2,1-2H3/q+1. The van der Waals surface area contributed by atoms with Crippen molar-refractivity contribution >= 4 is 40.1 Å². The number of halogens is 3. The minimum Gasteiger partial charge on any atom is -0.357 e. The molecule has 2 heterocycles. The second-order valence-corrected chi connectivity index (χ2v) is 9.50. The predicted molar refractivity (Wildman–Crippen MR) is 105 cm³/mol. The molecule has 1 aromatic heterocycles. The topological polar surface area (TPSA) is 73.5 Å². The van der Waals surface area contributed by atoms with E-state index in [1.807, 2.05) is 6.07 Å². The normalized spacial score (nSPS) is 18.1. The molecule has 2 unspecified atom stereocenters. The first kappa shape index (κ1) is 22.9. The Morgan fingerprint density at radius 1 is 1.50 bits per heavy atom. The van der Waals surface area contributed by atoms with Gasteiger partial charge in [-0.05, 0) is 19.9 Å². The lowest BCUT2D eigenvalue weighted by molar-refractivity contribution is -0.905. The summed E-state index contributed by atoms with van der Waals surface area (Å²) in [6.45, 7) is 2.94. The summed E-state index contributed by atoms with van der Waals surface area (Å²) in [5.41, 5.74) is 0.772. The molecule has 1 aliphatic rings. The van der Waals surface area contributed by atoms with E-state index in [1.165, 1.54) is 29.1 Å². The van der Waals surface area contributed by atoms with Crippen molar-refractivity contribution in [1.82, 2.24) is 10.2 Å². The summed E-state index contributed by atoms with van der Waals surface area (Å²) in [5, 5.41) is 13.2. The fourth-order valence-electron chi connectivity index (χ4n) is 2.50. The molecule has 0 spiro atoms. The molecule has 28 heavy (non-hydrogen) atoms. The van der Waals surface area contributed by atoms with Crippen molar-refractivity contribution in [2.75, 3.05) is 18.1 Å². The van der Waals surface area contributed by atoms with E-state index in [0.29, 0.717) is 16.7 Å². The van der Waals surface area contributed by atoms with Crippen LogP contribution in [0, 0.1) is 0 Å². The molecule has 1 aromatic rings. The summed E-state index contributed by atoms with van der Waals surface area (Å²) < 4.78 is 38.5. The zero-order valence-electron chi connectivity index (χ0n) is 15.5. The van der Waals surface area contributed by atoms with Crippen LogP contribution in [0.2, 0.25) is 0 Å². The molecular formula is C17H23ClF2N3O3S2+. The SMILES string of the molecule is CCN(C(=O)CCS(=O)CCC(C)(F)F)C1=C(Cl)NC(c2ccc[n+](O)c2)S1. The highest BCUT2D eigenvalue weighted by atomic mass is 35.5. The molecule has 0 fully saturated rings. The first-order chi connectivity index (χ1) is 13.1. The van der Waals surface area contributed by atoms with Crippen molar-refractivity contribution in [2.45, 2.75) is 38.0 Å². The molecule has 0 aromatic carbocycles. The maximum absolute atomic E-state index is 12.9. The maximum Gasteiger partial charge on any atom is 0.246 e. The smallest absolute Gasteiger partial charge is 0.246 e. The highest BCUT2D eigenvalue weighted by Gasteiger charge is 2.32. The minimum absolute atomic E-state index is 0.0173. The molecule has 1 amide bonds. The number of hydrogen-bond donors (Lipinski definition) is 2. The van der Waals surface area contributed by atoms with Gasteiger partial charge in [-0.1, -0.05) is 23.4 Å². The first-order valence-electron chi connectivity index (χ1n) is 8.67. The van der Waals surface area contributed by atoms with Gasteiger partial charge in [-0.2, -0.15) is 0 Å². The number of rotatable bonds is 9. The Kier molecular flexibility index (Phi) is 8.08. The van der Waals surface area contributed by atoms with E-state index in [1.54, 1.807) is 13.0 Å². The van der Waals surface area contributed by atoms with Crippen LogP contribution in [0.3, 0.4) is 0 Å². The van der Waals surface area contributed by atoms with Crippen molar-refractivity contribution in [3.63, 3.8) is 0 Å². The largest absolute Gasteiger partial charge is 0.357 e. The van der Waals surface area contributed by atoms with Crippen molar-refractivity contribution in [2.24, 2.45) is 0 Å². The summed E-state index contributed by atoms with van der Waals surface area (Å²) in [6, 6.07) is 3.50. The lowest BCUT2D eigenvalue weighted by Crippen LogP contribution is -2.30. The Balaban J connectivity index is 1.95. The molecule has 0 saturated carbocycles. The van der Waals surface area contributed by atoms with Crippen LogP contribution in [0.15, 0.2) is 34.7 Å². The number of carbonyl (C=O) groups is 1. The number of thioether (sulfide) groups is 1. The molecule has 2 atom stereocenters. The molecule has 0 saturated heterocycles. The van der Waals surface area contributed by atoms with Crippen LogP contribution in [0.4, 0.5) is 8.78 Å². The average molecular weight is 455 g/mol. The third-order valence-corrected chi connectivity index (χ3v) is 6.95. The summed E-state index contributed by atoms with van der Waals surface area (Å²) in [5.74, 6) is -3.24. The summed E-state index contributed by atoms with van der Waals surface area (Å²) in [7, 11) is -1.48. The molecule has 156 valence electrons. The number of alkyl halides is 2. The van der Waals surface area contributed by atoms with E-state index in [4.69, 9.17) is 11.6 Å². The van der Waals surface area contributed by atoms with Crippen molar-refractivity contribution < 1.29 is 27.7 Å². The summed E-state index contributed by atoms with van der Waals surface area (Å²) in [6.07, 6.45) is 2.53. The van der Waals surface area contributed by atoms with Gasteiger partial charge in [0.15, 0.2) is 0 Å². The van der Waals surface area contributed by atoms with Crippen LogP contribution in [0.25, 0.3) is 0 Å². The number of nitrogens with zero attached hydrogens (tertiary/aromatic N) is 2. The van der Waals surface area contributed by atoms with E-state index >= 15 is 0 Å². The predicted octanol–water partition coefficient (Wildman–Crippen LogP) is 2.94. The van der Waals surface area contributed by atoms with Gasteiger partial charge >= 0.3 is 0 Å². The van der Waals surface area contributed by atoms with Gasteiger partial charge in [0.25, 0.3) is 0 Å². The Morgan fingerprint density at radius 2 is 2.21 bits per heavy atom. The fraction of sp³-hybridized carbons (Fsp3) is 0.529. The molecule has 2 N–H and O–H groups in total. The van der Waals surface area contributed by atoms with Crippen molar-refractivity contribution in [3.8, 4) is 0 Å². The number of pyridine rings is 1. The van der Waals surface area contributed by atoms with Crippen molar-refractivity contribution in [1.29, 1.82) is 0 Å². The van der Waals surface area contributed by atoms with E-state index < -0.39 is 23.1 Å². The number of amides is 1. The van der Waals surface area contributed by atoms with Crippen LogP contribution in [-0.4, -0.2) is 44.2 Å². The molecular weight excluding hydrogens is 432 g/mol. The van der Waals surface area contributed by atoms with Crippen LogP contribution in [-0.2, 0) is 15.6 Å². The first-order valence-corrected chi connectivity index (χ1v) is 11.4. The van der Waals surface area contributed by atoms with Gasteiger partial charge in [0.05, 0.1) is 5.56 Å². The second kappa shape index (κ2) is 9.89. The molecule has 0 radical (unpaired) electrons. The second-order valence-electron chi connectivity index (χ2n) is 6.33. The number of nitrogens with one attached hydrogen (secondary N) is 1. The van der Waals surface area contributed by atoms with Crippen molar-refractivity contribution in [3.05, 3.63) is 40.3 Å². The summed E-state index contributed by atoms with van der Waals surface area (Å²) in [4.78, 5) is 14.1. The zero-order valence-corrected chi connectivity index (χ0v) is 17.9. The van der Waals surface area contributed by atoms with Crippen LogP contribution >= 0.6 is 23.4 Å². The Bertz CT molecular complexity index is 774. The third kappa shape index (κ3) is 6.59. The van der Waals surface area contributed by atoms with E-state index in [-0.39, 0.29) is 29.2 Å². The quantitative estimate of drug-likeness (QED) is 0.341. The van der Waals surface area contributed by atoms with Crippen LogP contribution < -0.4 is 10.0 Å². The molecule has 0 aliphatic carbocycles. The van der Waals surface area contributed by atoms with Gasteiger partial charge in [0.2, 0.25) is 24.2 Å². The molecule has 0 bridgehead atoms. The van der Waals surface area contributed by atoms with Crippen LogP contribution in [0.1, 0.15) is 37.6 Å². The number of aromatic nitrogens is 1. The summed E-state index contributed by atoms with van der Waals surface area (Å²) >= 11 is 7.62. The lowest BCUT2D eigenvalue weighted by Gasteiger charge is -2.21. The average Bonchev–Trinajstić information content (AvgIpc) is 3.00. The minimum atomic E-state index is -2.86. The van der Waals surface area contributed by atoms with E-state index in [2.05, 4.69) is 5.32 Å². The highest BCUT2D eigenvalue weighted by Crippen LogP contribution is 2.42. The van der Waals surface area contributed by atoms with Gasteiger partial charge < -0.3 is 10.2 Å². The Labute approximate surface area is 174 Å². The third-order valence-electron chi connectivity index (χ3n) is 3.96. The fourth-order valence-corrected chi connectivity index (χ4v) is 5.30. The monoisotopic (exact) mass is 454 g/mol. The Morgan fingerprint density at radius 3 is 2.82 bits per heavy atom. The lowest BCUT2D eigenvalue weighted by atomic mass is 10.3. The van der Waals surface area contributed by atoms with Gasteiger partial charge in [0.1, 0.15) is 15.6 Å².